The van der Waals surface area contributed by atoms with Crippen molar-refractivity contribution < 1.29 is 4.79 Å². The third-order valence-electron chi connectivity index (χ3n) is 4.60. The summed E-state index contributed by atoms with van der Waals surface area (Å²) in [6, 6.07) is 8.39. The molecule has 1 aromatic rings. The van der Waals surface area contributed by atoms with Crippen molar-refractivity contribution in [3.8, 4) is 0 Å². The van der Waals surface area contributed by atoms with E-state index in [4.69, 9.17) is 0 Å². The van der Waals surface area contributed by atoms with Gasteiger partial charge < -0.3 is 10.2 Å². The summed E-state index contributed by atoms with van der Waals surface area (Å²) in [6.45, 7) is 4.68. The number of nitrogens with zero attached hydrogens (tertiary/aromatic N) is 1. The number of rotatable bonds is 3. The van der Waals surface area contributed by atoms with Crippen LogP contribution in [0, 0.1) is 11.8 Å². The Morgan fingerprint density at radius 1 is 1.15 bits per heavy atom. The quantitative estimate of drug-likeness (QED) is 0.913. The molecule has 1 aromatic carbocycles. The summed E-state index contributed by atoms with van der Waals surface area (Å²) in [5.41, 5.74) is 1.86. The molecule has 1 N–H and O–H groups in total. The second-order valence-corrected chi connectivity index (χ2v) is 6.30. The monoisotopic (exact) mass is 274 g/mol. The van der Waals surface area contributed by atoms with Crippen molar-refractivity contribution in [1.82, 2.24) is 4.90 Å². The normalized spacial score (nSPS) is 26.1. The van der Waals surface area contributed by atoms with Crippen LogP contribution in [0.4, 0.5) is 5.69 Å². The Bertz CT molecular complexity index is 453. The summed E-state index contributed by atoms with van der Waals surface area (Å²) in [7, 11) is 3.55. The van der Waals surface area contributed by atoms with E-state index < -0.39 is 0 Å². The third kappa shape index (κ3) is 3.33. The predicted molar refractivity (Wildman–Crippen MR) is 84.0 cm³/mol. The number of hydrogen-bond donors (Lipinski definition) is 1. The standard InChI is InChI=1S/C17H26N2O/c1-12-6-5-7-16(13(12)2)18-15-10-8-14(9-11-15)17(20)19(3)4/h8-13,16,18H,5-7H2,1-4H3. The summed E-state index contributed by atoms with van der Waals surface area (Å²) in [5.74, 6) is 1.54. The Kier molecular flexibility index (Phi) is 4.69. The van der Waals surface area contributed by atoms with Crippen LogP contribution in [0.3, 0.4) is 0 Å². The van der Waals surface area contributed by atoms with Gasteiger partial charge in [-0.05, 0) is 42.5 Å². The smallest absolute Gasteiger partial charge is 0.253 e. The Balaban J connectivity index is 2.02. The number of carbonyl (C=O) groups excluding carboxylic acids is 1. The Hall–Kier alpha value is -1.51. The first-order valence-corrected chi connectivity index (χ1v) is 7.57. The molecule has 3 atom stereocenters. The van der Waals surface area contributed by atoms with E-state index >= 15 is 0 Å². The molecule has 3 nitrogen and oxygen atoms in total. The fourth-order valence-electron chi connectivity index (χ4n) is 2.97. The molecule has 1 saturated carbocycles. The van der Waals surface area contributed by atoms with Gasteiger partial charge in [-0.1, -0.05) is 26.7 Å². The average molecular weight is 274 g/mol. The molecule has 3 heteroatoms. The number of amides is 1. The lowest BCUT2D eigenvalue weighted by atomic mass is 9.78. The lowest BCUT2D eigenvalue weighted by Crippen LogP contribution is -2.35. The zero-order chi connectivity index (χ0) is 14.7. The summed E-state index contributed by atoms with van der Waals surface area (Å²) in [6.07, 6.45) is 3.89. The number of benzene rings is 1. The molecular weight excluding hydrogens is 248 g/mol. The number of carbonyl (C=O) groups is 1. The van der Waals surface area contributed by atoms with Crippen LogP contribution in [-0.4, -0.2) is 30.9 Å². The van der Waals surface area contributed by atoms with Crippen molar-refractivity contribution in [3.63, 3.8) is 0 Å². The molecule has 1 amide bonds. The highest BCUT2D eigenvalue weighted by molar-refractivity contribution is 5.94. The third-order valence-corrected chi connectivity index (χ3v) is 4.60. The maximum Gasteiger partial charge on any atom is 0.253 e. The fraction of sp³-hybridized carbons (Fsp3) is 0.588. The van der Waals surface area contributed by atoms with Gasteiger partial charge in [0.25, 0.3) is 5.91 Å². The van der Waals surface area contributed by atoms with Gasteiger partial charge in [-0.3, -0.25) is 4.79 Å². The first-order valence-electron chi connectivity index (χ1n) is 7.57. The largest absolute Gasteiger partial charge is 0.382 e. The Morgan fingerprint density at radius 2 is 1.80 bits per heavy atom. The molecule has 0 aliphatic heterocycles. The molecular formula is C17H26N2O. The molecule has 3 unspecified atom stereocenters. The van der Waals surface area contributed by atoms with Crippen molar-refractivity contribution in [2.45, 2.75) is 39.2 Å². The molecule has 1 aliphatic rings. The molecule has 0 radical (unpaired) electrons. The Labute approximate surface area is 122 Å². The van der Waals surface area contributed by atoms with E-state index in [9.17, 15) is 4.79 Å². The minimum absolute atomic E-state index is 0.0520. The maximum atomic E-state index is 11.8. The van der Waals surface area contributed by atoms with Gasteiger partial charge in [-0.2, -0.15) is 0 Å². The van der Waals surface area contributed by atoms with Crippen molar-refractivity contribution in [2.24, 2.45) is 11.8 Å². The Morgan fingerprint density at radius 3 is 2.40 bits per heavy atom. The highest BCUT2D eigenvalue weighted by atomic mass is 16.2. The fourth-order valence-corrected chi connectivity index (χ4v) is 2.97. The number of hydrogen-bond acceptors (Lipinski definition) is 2. The predicted octanol–water partition coefficient (Wildman–Crippen LogP) is 3.63. The van der Waals surface area contributed by atoms with Crippen LogP contribution in [0.25, 0.3) is 0 Å². The first kappa shape index (κ1) is 14.9. The maximum absolute atomic E-state index is 11.8. The molecule has 0 spiro atoms. The van der Waals surface area contributed by atoms with Crippen LogP contribution in [0.15, 0.2) is 24.3 Å². The zero-order valence-corrected chi connectivity index (χ0v) is 13.0. The second-order valence-electron chi connectivity index (χ2n) is 6.30. The van der Waals surface area contributed by atoms with Gasteiger partial charge in [0.2, 0.25) is 0 Å². The summed E-state index contributed by atoms with van der Waals surface area (Å²) in [4.78, 5) is 13.5. The van der Waals surface area contributed by atoms with E-state index in [0.717, 1.165) is 17.2 Å². The van der Waals surface area contributed by atoms with E-state index in [1.54, 1.807) is 19.0 Å². The minimum Gasteiger partial charge on any atom is -0.382 e. The van der Waals surface area contributed by atoms with E-state index in [0.29, 0.717) is 12.0 Å². The second kappa shape index (κ2) is 6.29. The first-order chi connectivity index (χ1) is 9.49. The lowest BCUT2D eigenvalue weighted by molar-refractivity contribution is 0.0827. The SMILES string of the molecule is CC1CCCC(Nc2ccc(C(=O)N(C)C)cc2)C1C. The molecule has 1 fully saturated rings. The van der Waals surface area contributed by atoms with Gasteiger partial charge >= 0.3 is 0 Å². The molecule has 2 rings (SSSR count). The van der Waals surface area contributed by atoms with E-state index in [-0.39, 0.29) is 5.91 Å². The van der Waals surface area contributed by atoms with Gasteiger partial charge in [0, 0.05) is 31.4 Å². The van der Waals surface area contributed by atoms with Crippen LogP contribution in [0.1, 0.15) is 43.5 Å². The minimum atomic E-state index is 0.0520. The zero-order valence-electron chi connectivity index (χ0n) is 13.0. The van der Waals surface area contributed by atoms with E-state index in [1.807, 2.05) is 24.3 Å². The van der Waals surface area contributed by atoms with Crippen LogP contribution in [0.5, 0.6) is 0 Å². The van der Waals surface area contributed by atoms with Gasteiger partial charge in [0.1, 0.15) is 0 Å². The van der Waals surface area contributed by atoms with Crippen molar-refractivity contribution in [1.29, 1.82) is 0 Å². The van der Waals surface area contributed by atoms with Crippen LogP contribution < -0.4 is 5.32 Å². The van der Waals surface area contributed by atoms with Crippen molar-refractivity contribution >= 4 is 11.6 Å². The van der Waals surface area contributed by atoms with Crippen LogP contribution >= 0.6 is 0 Å². The number of anilines is 1. The van der Waals surface area contributed by atoms with Crippen LogP contribution in [0.2, 0.25) is 0 Å². The summed E-state index contributed by atoms with van der Waals surface area (Å²) < 4.78 is 0. The summed E-state index contributed by atoms with van der Waals surface area (Å²) in [5, 5.41) is 3.63. The topological polar surface area (TPSA) is 32.3 Å². The molecule has 20 heavy (non-hydrogen) atoms. The van der Waals surface area contributed by atoms with Crippen molar-refractivity contribution in [3.05, 3.63) is 29.8 Å². The highest BCUT2D eigenvalue weighted by Crippen LogP contribution is 2.31. The van der Waals surface area contributed by atoms with Gasteiger partial charge in [-0.15, -0.1) is 0 Å². The highest BCUT2D eigenvalue weighted by Gasteiger charge is 2.26. The van der Waals surface area contributed by atoms with Gasteiger partial charge in [-0.25, -0.2) is 0 Å². The van der Waals surface area contributed by atoms with Crippen molar-refractivity contribution in [2.75, 3.05) is 19.4 Å². The molecule has 1 aliphatic carbocycles. The van der Waals surface area contributed by atoms with Gasteiger partial charge in [0.05, 0.1) is 0 Å². The molecule has 0 aromatic heterocycles. The molecule has 0 saturated heterocycles. The van der Waals surface area contributed by atoms with E-state index in [2.05, 4.69) is 19.2 Å². The lowest BCUT2D eigenvalue weighted by Gasteiger charge is -2.35. The van der Waals surface area contributed by atoms with Crippen LogP contribution in [-0.2, 0) is 0 Å². The molecule has 110 valence electrons. The number of nitrogens with one attached hydrogen (secondary N) is 1. The van der Waals surface area contributed by atoms with Gasteiger partial charge in [0.15, 0.2) is 0 Å². The van der Waals surface area contributed by atoms with E-state index in [1.165, 1.54) is 19.3 Å². The molecule has 0 heterocycles. The average Bonchev–Trinajstić information content (AvgIpc) is 2.44. The summed E-state index contributed by atoms with van der Waals surface area (Å²) >= 11 is 0. The molecule has 0 bridgehead atoms.